The van der Waals surface area contributed by atoms with Gasteiger partial charge in [-0.25, -0.2) is 14.6 Å². The third-order valence-corrected chi connectivity index (χ3v) is 4.77. The van der Waals surface area contributed by atoms with E-state index in [0.717, 1.165) is 22.3 Å². The molecule has 0 unspecified atom stereocenters. The van der Waals surface area contributed by atoms with Gasteiger partial charge in [0.2, 0.25) is 0 Å². The van der Waals surface area contributed by atoms with E-state index < -0.39 is 0 Å². The maximum atomic E-state index is 9.10. The lowest BCUT2D eigenvalue weighted by Gasteiger charge is -2.14. The van der Waals surface area contributed by atoms with E-state index in [0.29, 0.717) is 22.7 Å². The molecule has 0 fully saturated rings. The van der Waals surface area contributed by atoms with Crippen molar-refractivity contribution < 1.29 is 0 Å². The van der Waals surface area contributed by atoms with Gasteiger partial charge in [0.25, 0.3) is 0 Å². The number of nitrogens with zero attached hydrogens (tertiary/aromatic N) is 9. The molecule has 0 saturated carbocycles. The van der Waals surface area contributed by atoms with Gasteiger partial charge < -0.3 is 5.32 Å². The Bertz CT molecular complexity index is 1440. The number of hydrogen-bond donors (Lipinski definition) is 1. The molecule has 0 saturated heterocycles. The van der Waals surface area contributed by atoms with Crippen molar-refractivity contribution in [3.05, 3.63) is 67.0 Å². The summed E-state index contributed by atoms with van der Waals surface area (Å²) in [6, 6.07) is 9.70. The molecule has 0 aliphatic carbocycles. The summed E-state index contributed by atoms with van der Waals surface area (Å²) in [7, 11) is 0. The van der Waals surface area contributed by atoms with Crippen LogP contribution in [-0.2, 0) is 0 Å². The van der Waals surface area contributed by atoms with E-state index in [1.54, 1.807) is 40.2 Å². The van der Waals surface area contributed by atoms with E-state index in [1.165, 1.54) is 6.20 Å². The molecule has 10 heteroatoms. The van der Waals surface area contributed by atoms with Crippen LogP contribution in [-0.4, -0.2) is 45.8 Å². The van der Waals surface area contributed by atoms with E-state index >= 15 is 0 Å². The lowest BCUT2D eigenvalue weighted by atomic mass is 10.1. The van der Waals surface area contributed by atoms with Gasteiger partial charge >= 0.3 is 0 Å². The first kappa shape index (κ1) is 19.3. The first-order valence-electron chi connectivity index (χ1n) is 9.96. The quantitative estimate of drug-likeness (QED) is 0.458. The second-order valence-corrected chi connectivity index (χ2v) is 7.45. The number of hydrogen-bond acceptors (Lipinski definition) is 8. The summed E-state index contributed by atoms with van der Waals surface area (Å²) in [4.78, 5) is 13.1. The average molecular weight is 422 g/mol. The first-order chi connectivity index (χ1) is 15.6. The van der Waals surface area contributed by atoms with Crippen LogP contribution in [0.2, 0.25) is 0 Å². The van der Waals surface area contributed by atoms with Gasteiger partial charge in [0, 0.05) is 47.3 Å². The third kappa shape index (κ3) is 3.52. The molecule has 0 bridgehead atoms. The molecule has 5 aromatic heterocycles. The standard InChI is InChI=1S/C22H18N10/c1-14(2)28-19-7-21(32-22-16(10-27-32)6-15(8-23)9-26-22)25-12-18(19)20-13-31(30-29-20)17-4-3-5-24-11-17/h3-7,9-14H,1-2H3,(H,25,28). The molecule has 5 heterocycles. The van der Waals surface area contributed by atoms with Gasteiger partial charge in [-0.05, 0) is 32.0 Å². The van der Waals surface area contributed by atoms with Gasteiger partial charge in [0.1, 0.15) is 11.8 Å². The number of fused-ring (bicyclic) bond motifs is 1. The number of aromatic nitrogens is 8. The summed E-state index contributed by atoms with van der Waals surface area (Å²) < 4.78 is 3.32. The molecule has 0 amide bonds. The van der Waals surface area contributed by atoms with Crippen LogP contribution < -0.4 is 5.32 Å². The minimum Gasteiger partial charge on any atom is -0.382 e. The minimum atomic E-state index is 0.183. The lowest BCUT2D eigenvalue weighted by Crippen LogP contribution is -2.12. The second kappa shape index (κ2) is 7.88. The van der Waals surface area contributed by atoms with Crippen LogP contribution in [0, 0.1) is 11.3 Å². The van der Waals surface area contributed by atoms with E-state index in [-0.39, 0.29) is 6.04 Å². The highest BCUT2D eigenvalue weighted by Gasteiger charge is 2.15. The predicted octanol–water partition coefficient (Wildman–Crippen LogP) is 3.15. The van der Waals surface area contributed by atoms with Crippen molar-refractivity contribution in [2.75, 3.05) is 5.32 Å². The van der Waals surface area contributed by atoms with Crippen LogP contribution in [0.15, 0.2) is 61.4 Å². The van der Waals surface area contributed by atoms with E-state index in [2.05, 4.69) is 55.6 Å². The molecule has 32 heavy (non-hydrogen) atoms. The Morgan fingerprint density at radius 3 is 2.78 bits per heavy atom. The van der Waals surface area contributed by atoms with Gasteiger partial charge in [-0.2, -0.15) is 15.0 Å². The van der Waals surface area contributed by atoms with Crippen molar-refractivity contribution in [1.82, 2.24) is 39.7 Å². The predicted molar refractivity (Wildman–Crippen MR) is 118 cm³/mol. The lowest BCUT2D eigenvalue weighted by molar-refractivity contribution is 0.800. The van der Waals surface area contributed by atoms with E-state index in [1.807, 2.05) is 24.4 Å². The van der Waals surface area contributed by atoms with Gasteiger partial charge in [0.05, 0.1) is 29.8 Å². The fraction of sp³-hybridized carbons (Fsp3) is 0.136. The molecular formula is C22H18N10. The van der Waals surface area contributed by atoms with Crippen molar-refractivity contribution in [2.24, 2.45) is 0 Å². The zero-order valence-electron chi connectivity index (χ0n) is 17.4. The van der Waals surface area contributed by atoms with Crippen molar-refractivity contribution >= 4 is 16.7 Å². The molecule has 5 rings (SSSR count). The van der Waals surface area contributed by atoms with Crippen LogP contribution in [0.25, 0.3) is 33.8 Å². The number of nitriles is 1. The monoisotopic (exact) mass is 422 g/mol. The SMILES string of the molecule is CC(C)Nc1cc(-n2ncc3cc(C#N)cnc32)ncc1-c1cn(-c2cccnc2)nn1. The topological polar surface area (TPSA) is 123 Å². The Labute approximate surface area is 183 Å². The maximum absolute atomic E-state index is 9.10. The van der Waals surface area contributed by atoms with Crippen LogP contribution in [0.1, 0.15) is 19.4 Å². The van der Waals surface area contributed by atoms with Crippen molar-refractivity contribution in [1.29, 1.82) is 5.26 Å². The summed E-state index contributed by atoms with van der Waals surface area (Å²) in [6.45, 7) is 4.12. The van der Waals surface area contributed by atoms with Gasteiger partial charge in [-0.15, -0.1) is 5.10 Å². The fourth-order valence-electron chi connectivity index (χ4n) is 3.35. The molecule has 0 aliphatic heterocycles. The van der Waals surface area contributed by atoms with Gasteiger partial charge in [-0.1, -0.05) is 5.21 Å². The van der Waals surface area contributed by atoms with Crippen molar-refractivity contribution in [3.8, 4) is 28.8 Å². The van der Waals surface area contributed by atoms with Crippen molar-refractivity contribution in [2.45, 2.75) is 19.9 Å². The smallest absolute Gasteiger partial charge is 0.164 e. The zero-order chi connectivity index (χ0) is 22.1. The fourth-order valence-corrected chi connectivity index (χ4v) is 3.35. The number of rotatable bonds is 5. The van der Waals surface area contributed by atoms with Crippen LogP contribution in [0.4, 0.5) is 5.69 Å². The summed E-state index contributed by atoms with van der Waals surface area (Å²) in [5.74, 6) is 0.601. The summed E-state index contributed by atoms with van der Waals surface area (Å²) in [6.07, 6.45) is 10.2. The molecule has 10 nitrogen and oxygen atoms in total. The molecular weight excluding hydrogens is 404 g/mol. The van der Waals surface area contributed by atoms with Crippen LogP contribution in [0.5, 0.6) is 0 Å². The van der Waals surface area contributed by atoms with Gasteiger partial charge in [-0.3, -0.25) is 4.98 Å². The third-order valence-electron chi connectivity index (χ3n) is 4.77. The van der Waals surface area contributed by atoms with E-state index in [4.69, 9.17) is 5.26 Å². The molecule has 0 aromatic carbocycles. The molecule has 0 spiro atoms. The second-order valence-electron chi connectivity index (χ2n) is 7.45. The highest BCUT2D eigenvalue weighted by molar-refractivity contribution is 5.79. The minimum absolute atomic E-state index is 0.183. The molecule has 156 valence electrons. The van der Waals surface area contributed by atoms with Crippen molar-refractivity contribution in [3.63, 3.8) is 0 Å². The number of pyridine rings is 3. The molecule has 0 atom stereocenters. The Kier molecular flexibility index (Phi) is 4.76. The maximum Gasteiger partial charge on any atom is 0.164 e. The van der Waals surface area contributed by atoms with Gasteiger partial charge in [0.15, 0.2) is 11.5 Å². The Hall–Kier alpha value is -4.65. The molecule has 5 aromatic rings. The summed E-state index contributed by atoms with van der Waals surface area (Å²) in [5, 5.41) is 26.3. The average Bonchev–Trinajstić information content (AvgIpc) is 3.46. The zero-order valence-corrected chi connectivity index (χ0v) is 17.4. The van der Waals surface area contributed by atoms with E-state index in [9.17, 15) is 0 Å². The Balaban J connectivity index is 1.58. The Morgan fingerprint density at radius 1 is 1.09 bits per heavy atom. The largest absolute Gasteiger partial charge is 0.382 e. The Morgan fingerprint density at radius 2 is 2.00 bits per heavy atom. The number of anilines is 1. The molecule has 0 aliphatic rings. The summed E-state index contributed by atoms with van der Waals surface area (Å²) >= 11 is 0. The first-order valence-corrected chi connectivity index (χ1v) is 9.96. The van der Waals surface area contributed by atoms with Crippen LogP contribution >= 0.6 is 0 Å². The number of nitrogens with one attached hydrogen (secondary N) is 1. The molecule has 1 N–H and O–H groups in total. The highest BCUT2D eigenvalue weighted by atomic mass is 15.4. The summed E-state index contributed by atoms with van der Waals surface area (Å²) in [5.41, 5.74) is 4.27. The van der Waals surface area contributed by atoms with Crippen LogP contribution in [0.3, 0.4) is 0 Å². The molecule has 0 radical (unpaired) electrons. The normalized spacial score (nSPS) is 11.1. The highest BCUT2D eigenvalue weighted by Crippen LogP contribution is 2.29.